The summed E-state index contributed by atoms with van der Waals surface area (Å²) in [6.45, 7) is 3.75. The fraction of sp³-hybridized carbons (Fsp3) is 0.625. The molecule has 1 aromatic rings. The van der Waals surface area contributed by atoms with Gasteiger partial charge in [-0.05, 0) is 44.6 Å². The second-order valence-corrected chi connectivity index (χ2v) is 6.42. The Morgan fingerprint density at radius 2 is 2.08 bits per heavy atom. The summed E-state index contributed by atoms with van der Waals surface area (Å²) >= 11 is 1.16. The summed E-state index contributed by atoms with van der Waals surface area (Å²) in [5.41, 5.74) is 0.884. The third-order valence-electron chi connectivity index (χ3n) is 4.00. The number of aryl methyl sites for hydroxylation is 1. The van der Waals surface area contributed by atoms with Gasteiger partial charge in [-0.2, -0.15) is 4.37 Å². The van der Waals surface area contributed by atoms with Crippen molar-refractivity contribution in [3.8, 4) is 0 Å². The van der Waals surface area contributed by atoms with E-state index in [4.69, 9.17) is 9.47 Å². The number of nitrogens with zero attached hydrogens (tertiary/aromatic N) is 2. The van der Waals surface area contributed by atoms with Crippen LogP contribution < -0.4 is 5.32 Å². The van der Waals surface area contributed by atoms with Crippen LogP contribution in [0.25, 0.3) is 0 Å². The van der Waals surface area contributed by atoms with Gasteiger partial charge in [0.1, 0.15) is 16.6 Å². The lowest BCUT2D eigenvalue weighted by molar-refractivity contribution is -0.157. The van der Waals surface area contributed by atoms with Crippen LogP contribution in [0.15, 0.2) is 0 Å². The molecule has 0 radical (unpaired) electrons. The zero-order valence-electron chi connectivity index (χ0n) is 14.7. The van der Waals surface area contributed by atoms with Gasteiger partial charge in [-0.25, -0.2) is 9.59 Å². The van der Waals surface area contributed by atoms with Crippen LogP contribution in [-0.4, -0.2) is 60.0 Å². The number of hydrogen-bond donors (Lipinski definition) is 1. The Kier molecular flexibility index (Phi) is 6.74. The highest BCUT2D eigenvalue weighted by Crippen LogP contribution is 2.25. The molecule has 8 nitrogen and oxygen atoms in total. The minimum atomic E-state index is -0.603. The maximum absolute atomic E-state index is 12.4. The zero-order valence-corrected chi connectivity index (χ0v) is 15.5. The molecule has 0 aromatic carbocycles. The quantitative estimate of drug-likeness (QED) is 0.761. The fourth-order valence-corrected chi connectivity index (χ4v) is 3.51. The normalized spacial score (nSPS) is 17.1. The van der Waals surface area contributed by atoms with Crippen LogP contribution in [0.1, 0.15) is 42.2 Å². The summed E-state index contributed by atoms with van der Waals surface area (Å²) in [4.78, 5) is 38.2. The minimum Gasteiger partial charge on any atom is -0.464 e. The van der Waals surface area contributed by atoms with Crippen LogP contribution in [0.2, 0.25) is 0 Å². The first kappa shape index (κ1) is 19.2. The first-order chi connectivity index (χ1) is 12.0. The summed E-state index contributed by atoms with van der Waals surface area (Å²) in [7, 11) is 1.69. The van der Waals surface area contributed by atoms with Crippen molar-refractivity contribution in [1.29, 1.82) is 0 Å². The van der Waals surface area contributed by atoms with Crippen molar-refractivity contribution in [2.45, 2.75) is 39.2 Å². The lowest BCUT2D eigenvalue weighted by Gasteiger charge is -2.33. The number of anilines is 1. The van der Waals surface area contributed by atoms with Gasteiger partial charge in [-0.15, -0.1) is 0 Å². The van der Waals surface area contributed by atoms with E-state index in [1.54, 1.807) is 20.9 Å². The molecule has 0 bridgehead atoms. The van der Waals surface area contributed by atoms with E-state index in [-0.39, 0.29) is 6.61 Å². The Bertz CT molecular complexity index is 646. The topological polar surface area (TPSA) is 97.8 Å². The third-order valence-corrected chi connectivity index (χ3v) is 4.96. The van der Waals surface area contributed by atoms with E-state index in [9.17, 15) is 14.4 Å². The smallest absolute Gasteiger partial charge is 0.343 e. The van der Waals surface area contributed by atoms with Gasteiger partial charge in [0.2, 0.25) is 0 Å². The average Bonchev–Trinajstić information content (AvgIpc) is 3.00. The van der Waals surface area contributed by atoms with Crippen molar-refractivity contribution in [2.75, 3.05) is 32.1 Å². The van der Waals surface area contributed by atoms with Crippen LogP contribution >= 0.6 is 11.5 Å². The van der Waals surface area contributed by atoms with Crippen molar-refractivity contribution in [3.05, 3.63) is 11.3 Å². The van der Waals surface area contributed by atoms with Crippen LogP contribution in [0, 0.1) is 6.92 Å². The highest BCUT2D eigenvalue weighted by atomic mass is 32.1. The van der Waals surface area contributed by atoms with E-state index in [2.05, 4.69) is 9.69 Å². The Labute approximate surface area is 150 Å². The standard InChI is InChI=1S/C16H23N3O5S/c1-4-23-15(21)11-7-5-6-8-19(11)12(20)9-24-16(22)13-10(2)18-25-14(13)17-3/h11,17H,4-9H2,1-3H3. The molecule has 1 aliphatic rings. The van der Waals surface area contributed by atoms with Crippen molar-refractivity contribution < 1.29 is 23.9 Å². The first-order valence-electron chi connectivity index (χ1n) is 8.26. The molecule has 1 amide bonds. The molecule has 25 heavy (non-hydrogen) atoms. The predicted octanol–water partition coefficient (Wildman–Crippen LogP) is 1.59. The van der Waals surface area contributed by atoms with Gasteiger partial charge in [-0.3, -0.25) is 4.79 Å². The molecule has 1 unspecified atom stereocenters. The van der Waals surface area contributed by atoms with E-state index in [0.29, 0.717) is 29.2 Å². The monoisotopic (exact) mass is 369 g/mol. The number of rotatable bonds is 6. The van der Waals surface area contributed by atoms with Crippen molar-refractivity contribution in [1.82, 2.24) is 9.27 Å². The molecule has 9 heteroatoms. The van der Waals surface area contributed by atoms with Crippen LogP contribution in [0.5, 0.6) is 0 Å². The maximum atomic E-state index is 12.4. The Morgan fingerprint density at radius 1 is 1.32 bits per heavy atom. The van der Waals surface area contributed by atoms with Crippen molar-refractivity contribution in [2.24, 2.45) is 0 Å². The molecule has 2 heterocycles. The molecule has 2 rings (SSSR count). The number of likely N-dealkylation sites (tertiary alicyclic amines) is 1. The molecule has 1 aliphatic heterocycles. The Balaban J connectivity index is 1.99. The molecule has 0 aliphatic carbocycles. The van der Waals surface area contributed by atoms with E-state index >= 15 is 0 Å². The summed E-state index contributed by atoms with van der Waals surface area (Å²) in [5, 5.41) is 3.48. The lowest BCUT2D eigenvalue weighted by Crippen LogP contribution is -2.50. The van der Waals surface area contributed by atoms with E-state index in [0.717, 1.165) is 24.4 Å². The average molecular weight is 369 g/mol. The third kappa shape index (κ3) is 4.47. The molecule has 1 atom stereocenters. The van der Waals surface area contributed by atoms with E-state index in [1.807, 2.05) is 0 Å². The Hall–Kier alpha value is -2.16. The van der Waals surface area contributed by atoms with Crippen LogP contribution in [0.4, 0.5) is 5.00 Å². The van der Waals surface area contributed by atoms with E-state index in [1.165, 1.54) is 4.90 Å². The summed E-state index contributed by atoms with van der Waals surface area (Å²) in [5.74, 6) is -1.40. The van der Waals surface area contributed by atoms with Crippen molar-refractivity contribution in [3.63, 3.8) is 0 Å². The van der Waals surface area contributed by atoms with Gasteiger partial charge in [-0.1, -0.05) is 0 Å². The lowest BCUT2D eigenvalue weighted by atomic mass is 10.0. The van der Waals surface area contributed by atoms with Gasteiger partial charge in [0.25, 0.3) is 5.91 Å². The largest absolute Gasteiger partial charge is 0.464 e. The maximum Gasteiger partial charge on any atom is 0.343 e. The van der Waals surface area contributed by atoms with Crippen molar-refractivity contribution >= 4 is 34.4 Å². The molecule has 0 saturated carbocycles. The zero-order chi connectivity index (χ0) is 18.4. The van der Waals surface area contributed by atoms with Gasteiger partial charge >= 0.3 is 11.9 Å². The second kappa shape index (κ2) is 8.80. The summed E-state index contributed by atoms with van der Waals surface area (Å²) in [6.07, 6.45) is 2.24. The number of aromatic nitrogens is 1. The van der Waals surface area contributed by atoms with Gasteiger partial charge in [0, 0.05) is 13.6 Å². The SMILES string of the molecule is CCOC(=O)C1CCCCN1C(=O)COC(=O)c1c(C)nsc1NC. The number of esters is 2. The number of piperidine rings is 1. The number of carbonyl (C=O) groups is 3. The molecule has 138 valence electrons. The van der Waals surface area contributed by atoms with Crippen LogP contribution in [-0.2, 0) is 19.1 Å². The molecular formula is C16H23N3O5S. The number of hydrogen-bond acceptors (Lipinski definition) is 8. The van der Waals surface area contributed by atoms with Gasteiger partial charge in [0.15, 0.2) is 6.61 Å². The fourth-order valence-electron chi connectivity index (χ4n) is 2.78. The molecule has 0 spiro atoms. The van der Waals surface area contributed by atoms with Gasteiger partial charge < -0.3 is 19.7 Å². The number of ether oxygens (including phenoxy) is 2. The molecule has 1 fully saturated rings. The second-order valence-electron chi connectivity index (χ2n) is 5.65. The number of nitrogens with one attached hydrogen (secondary N) is 1. The molecule has 1 saturated heterocycles. The summed E-state index contributed by atoms with van der Waals surface area (Å²) in [6, 6.07) is -0.600. The Morgan fingerprint density at radius 3 is 2.76 bits per heavy atom. The summed E-state index contributed by atoms with van der Waals surface area (Å²) < 4.78 is 14.3. The number of carbonyl (C=O) groups excluding carboxylic acids is 3. The molecule has 1 aromatic heterocycles. The molecular weight excluding hydrogens is 346 g/mol. The highest BCUT2D eigenvalue weighted by molar-refractivity contribution is 7.10. The highest BCUT2D eigenvalue weighted by Gasteiger charge is 2.33. The van der Waals surface area contributed by atoms with Crippen LogP contribution in [0.3, 0.4) is 0 Å². The minimum absolute atomic E-state index is 0.267. The van der Waals surface area contributed by atoms with Gasteiger partial charge in [0.05, 0.1) is 12.3 Å². The molecule has 1 N–H and O–H groups in total. The first-order valence-corrected chi connectivity index (χ1v) is 9.04. The predicted molar refractivity (Wildman–Crippen MR) is 92.7 cm³/mol. The number of amides is 1. The van der Waals surface area contributed by atoms with E-state index < -0.39 is 30.5 Å².